The van der Waals surface area contributed by atoms with E-state index < -0.39 is 0 Å². The maximum absolute atomic E-state index is 12.1. The zero-order valence-electron chi connectivity index (χ0n) is 11.3. The summed E-state index contributed by atoms with van der Waals surface area (Å²) in [5.74, 6) is 0.296. The van der Waals surface area contributed by atoms with Gasteiger partial charge in [0.2, 0.25) is 5.91 Å². The molecule has 0 atom stereocenters. The van der Waals surface area contributed by atoms with Crippen LogP contribution in [0.25, 0.3) is 0 Å². The van der Waals surface area contributed by atoms with Crippen LogP contribution in [0.2, 0.25) is 0 Å². The second-order valence-corrected chi connectivity index (χ2v) is 6.45. The molecule has 98 valence electrons. The lowest BCUT2D eigenvalue weighted by Gasteiger charge is -2.38. The summed E-state index contributed by atoms with van der Waals surface area (Å²) in [7, 11) is 0. The molecular weight excluding hydrogens is 212 g/mol. The maximum atomic E-state index is 12.1. The molecule has 1 saturated carbocycles. The number of carbonyl (C=O) groups excluding carboxylic acids is 1. The van der Waals surface area contributed by atoms with Crippen LogP contribution in [-0.2, 0) is 4.79 Å². The smallest absolute Gasteiger partial charge is 0.236 e. The standard InChI is InChI=1S/C14H26N2O/c1-14(2)8-5-9-16(11-14)13(17)10-15-12-6-3-4-7-12/h12,15H,3-11H2,1-2H3. The van der Waals surface area contributed by atoms with E-state index in [-0.39, 0.29) is 0 Å². The third-order valence-electron chi connectivity index (χ3n) is 4.15. The zero-order valence-corrected chi connectivity index (χ0v) is 11.3. The molecule has 0 bridgehead atoms. The summed E-state index contributed by atoms with van der Waals surface area (Å²) in [5.41, 5.74) is 0.307. The van der Waals surface area contributed by atoms with Gasteiger partial charge in [-0.2, -0.15) is 0 Å². The molecule has 1 aliphatic carbocycles. The summed E-state index contributed by atoms with van der Waals surface area (Å²) in [6.07, 6.45) is 7.54. The van der Waals surface area contributed by atoms with Crippen LogP contribution in [0, 0.1) is 5.41 Å². The fraction of sp³-hybridized carbons (Fsp3) is 0.929. The number of nitrogens with zero attached hydrogens (tertiary/aromatic N) is 1. The Bertz CT molecular complexity index is 269. The Hall–Kier alpha value is -0.570. The molecule has 1 N–H and O–H groups in total. The highest BCUT2D eigenvalue weighted by Crippen LogP contribution is 2.28. The van der Waals surface area contributed by atoms with E-state index >= 15 is 0 Å². The van der Waals surface area contributed by atoms with Gasteiger partial charge in [0.25, 0.3) is 0 Å². The molecule has 2 aliphatic rings. The Labute approximate surface area is 105 Å². The SMILES string of the molecule is CC1(C)CCCN(C(=O)CNC2CCCC2)C1. The van der Waals surface area contributed by atoms with Gasteiger partial charge in [0.15, 0.2) is 0 Å². The number of likely N-dealkylation sites (tertiary alicyclic amines) is 1. The highest BCUT2D eigenvalue weighted by atomic mass is 16.2. The van der Waals surface area contributed by atoms with E-state index in [4.69, 9.17) is 0 Å². The first-order valence-electron chi connectivity index (χ1n) is 7.08. The van der Waals surface area contributed by atoms with Crippen molar-refractivity contribution in [3.05, 3.63) is 0 Å². The van der Waals surface area contributed by atoms with E-state index in [1.54, 1.807) is 0 Å². The minimum Gasteiger partial charge on any atom is -0.341 e. The fourth-order valence-electron chi connectivity index (χ4n) is 3.11. The Morgan fingerprint density at radius 2 is 2.00 bits per heavy atom. The van der Waals surface area contributed by atoms with E-state index in [9.17, 15) is 4.79 Å². The first kappa shape index (κ1) is 12.9. The van der Waals surface area contributed by atoms with Gasteiger partial charge in [-0.1, -0.05) is 26.7 Å². The van der Waals surface area contributed by atoms with Crippen molar-refractivity contribution in [3.8, 4) is 0 Å². The van der Waals surface area contributed by atoms with E-state index in [0.29, 0.717) is 23.9 Å². The zero-order chi connectivity index (χ0) is 12.3. The van der Waals surface area contributed by atoms with Crippen molar-refractivity contribution in [3.63, 3.8) is 0 Å². The van der Waals surface area contributed by atoms with Crippen LogP contribution in [0.1, 0.15) is 52.4 Å². The topological polar surface area (TPSA) is 32.3 Å². The van der Waals surface area contributed by atoms with Gasteiger partial charge < -0.3 is 10.2 Å². The molecular formula is C14H26N2O. The molecule has 0 aromatic rings. The van der Waals surface area contributed by atoms with Crippen LogP contribution in [0.5, 0.6) is 0 Å². The summed E-state index contributed by atoms with van der Waals surface area (Å²) >= 11 is 0. The van der Waals surface area contributed by atoms with E-state index in [1.807, 2.05) is 4.90 Å². The quantitative estimate of drug-likeness (QED) is 0.817. The molecule has 2 fully saturated rings. The molecule has 0 aromatic heterocycles. The van der Waals surface area contributed by atoms with Crippen LogP contribution in [0.3, 0.4) is 0 Å². The minimum absolute atomic E-state index is 0.296. The number of hydrogen-bond acceptors (Lipinski definition) is 2. The summed E-state index contributed by atoms with van der Waals surface area (Å²) in [5, 5.41) is 3.41. The highest BCUT2D eigenvalue weighted by molar-refractivity contribution is 5.78. The number of piperidine rings is 1. The normalized spacial score (nSPS) is 25.2. The van der Waals surface area contributed by atoms with Crippen LogP contribution < -0.4 is 5.32 Å². The average molecular weight is 238 g/mol. The molecule has 3 heteroatoms. The number of nitrogens with one attached hydrogen (secondary N) is 1. The Morgan fingerprint density at radius 1 is 1.29 bits per heavy atom. The van der Waals surface area contributed by atoms with Gasteiger partial charge in [0.1, 0.15) is 0 Å². The lowest BCUT2D eigenvalue weighted by Crippen LogP contribution is -2.47. The molecule has 1 heterocycles. The molecule has 3 nitrogen and oxygen atoms in total. The fourth-order valence-corrected chi connectivity index (χ4v) is 3.11. The Balaban J connectivity index is 1.75. The van der Waals surface area contributed by atoms with Gasteiger partial charge >= 0.3 is 0 Å². The van der Waals surface area contributed by atoms with Gasteiger partial charge in [0, 0.05) is 19.1 Å². The predicted molar refractivity (Wildman–Crippen MR) is 69.9 cm³/mol. The van der Waals surface area contributed by atoms with Crippen molar-refractivity contribution in [2.45, 2.75) is 58.4 Å². The lowest BCUT2D eigenvalue weighted by molar-refractivity contribution is -0.133. The van der Waals surface area contributed by atoms with Crippen LogP contribution >= 0.6 is 0 Å². The third-order valence-corrected chi connectivity index (χ3v) is 4.15. The summed E-state index contributed by atoms with van der Waals surface area (Å²) in [6.45, 7) is 6.95. The number of hydrogen-bond donors (Lipinski definition) is 1. The van der Waals surface area contributed by atoms with Crippen molar-refractivity contribution in [2.24, 2.45) is 5.41 Å². The van der Waals surface area contributed by atoms with Crippen molar-refractivity contribution in [1.82, 2.24) is 10.2 Å². The van der Waals surface area contributed by atoms with Gasteiger partial charge in [-0.05, 0) is 31.1 Å². The van der Waals surface area contributed by atoms with Crippen molar-refractivity contribution >= 4 is 5.91 Å². The van der Waals surface area contributed by atoms with E-state index in [2.05, 4.69) is 19.2 Å². The van der Waals surface area contributed by atoms with Crippen molar-refractivity contribution < 1.29 is 4.79 Å². The van der Waals surface area contributed by atoms with Crippen LogP contribution in [0.15, 0.2) is 0 Å². The molecule has 0 unspecified atom stereocenters. The van der Waals surface area contributed by atoms with E-state index in [1.165, 1.54) is 32.1 Å². The first-order chi connectivity index (χ1) is 8.07. The summed E-state index contributed by atoms with van der Waals surface area (Å²) < 4.78 is 0. The number of rotatable bonds is 3. The van der Waals surface area contributed by atoms with Crippen molar-refractivity contribution in [2.75, 3.05) is 19.6 Å². The average Bonchev–Trinajstić information content (AvgIpc) is 2.77. The van der Waals surface area contributed by atoms with E-state index in [0.717, 1.165) is 19.5 Å². The molecule has 0 aromatic carbocycles. The largest absolute Gasteiger partial charge is 0.341 e. The summed E-state index contributed by atoms with van der Waals surface area (Å²) in [6, 6.07) is 0.594. The van der Waals surface area contributed by atoms with Crippen LogP contribution in [0.4, 0.5) is 0 Å². The molecule has 17 heavy (non-hydrogen) atoms. The minimum atomic E-state index is 0.296. The second kappa shape index (κ2) is 5.38. The molecule has 1 saturated heterocycles. The number of amides is 1. The van der Waals surface area contributed by atoms with Gasteiger partial charge in [-0.3, -0.25) is 4.79 Å². The van der Waals surface area contributed by atoms with Gasteiger partial charge in [0.05, 0.1) is 6.54 Å². The third kappa shape index (κ3) is 3.70. The van der Waals surface area contributed by atoms with Crippen molar-refractivity contribution in [1.29, 1.82) is 0 Å². The lowest BCUT2D eigenvalue weighted by atomic mass is 9.84. The maximum Gasteiger partial charge on any atom is 0.236 e. The highest BCUT2D eigenvalue weighted by Gasteiger charge is 2.29. The van der Waals surface area contributed by atoms with Gasteiger partial charge in [-0.15, -0.1) is 0 Å². The predicted octanol–water partition coefficient (Wildman–Crippen LogP) is 2.17. The Kier molecular flexibility index (Phi) is 4.08. The molecule has 1 amide bonds. The monoisotopic (exact) mass is 238 g/mol. The molecule has 1 aliphatic heterocycles. The number of carbonyl (C=O) groups is 1. The van der Waals surface area contributed by atoms with Crippen LogP contribution in [-0.4, -0.2) is 36.5 Å². The molecule has 0 radical (unpaired) electrons. The summed E-state index contributed by atoms with van der Waals surface area (Å²) in [4.78, 5) is 14.2. The second-order valence-electron chi connectivity index (χ2n) is 6.45. The first-order valence-corrected chi connectivity index (χ1v) is 7.08. The van der Waals surface area contributed by atoms with Gasteiger partial charge in [-0.25, -0.2) is 0 Å². The Morgan fingerprint density at radius 3 is 2.65 bits per heavy atom. The molecule has 2 rings (SSSR count). The molecule has 0 spiro atoms.